The lowest BCUT2D eigenvalue weighted by molar-refractivity contribution is -0.120. The molecule has 0 atom stereocenters. The molecule has 0 heterocycles. The predicted octanol–water partition coefficient (Wildman–Crippen LogP) is 3.88. The van der Waals surface area contributed by atoms with Gasteiger partial charge in [-0.2, -0.15) is 0 Å². The first-order chi connectivity index (χ1) is 11.1. The van der Waals surface area contributed by atoms with Crippen LogP contribution in [0.15, 0.2) is 48.5 Å². The Hall–Kier alpha value is -2.21. The van der Waals surface area contributed by atoms with E-state index in [-0.39, 0.29) is 11.7 Å². The Bertz CT molecular complexity index is 685. The summed E-state index contributed by atoms with van der Waals surface area (Å²) < 4.78 is 17.7. The molecule has 2 N–H and O–H groups in total. The predicted molar refractivity (Wildman–Crippen MR) is 91.2 cm³/mol. The fraction of sp³-hybridized carbons (Fsp3) is 0.235. The molecule has 0 aromatic heterocycles. The minimum atomic E-state index is -0.396. The van der Waals surface area contributed by atoms with Crippen LogP contribution in [0, 0.1) is 11.2 Å². The van der Waals surface area contributed by atoms with Gasteiger partial charge >= 0.3 is 0 Å². The lowest BCUT2D eigenvalue weighted by Gasteiger charge is -2.17. The first-order valence-electron chi connectivity index (χ1n) is 7.34. The van der Waals surface area contributed by atoms with Gasteiger partial charge in [0.15, 0.2) is 0 Å². The van der Waals surface area contributed by atoms with E-state index >= 15 is 0 Å². The normalized spacial score (nSPS) is 14.9. The fourth-order valence-corrected chi connectivity index (χ4v) is 2.46. The van der Waals surface area contributed by atoms with Crippen LogP contribution < -0.4 is 14.8 Å². The molecule has 0 saturated heterocycles. The van der Waals surface area contributed by atoms with Gasteiger partial charge in [-0.1, -0.05) is 0 Å². The Morgan fingerprint density at radius 3 is 2.26 bits per heavy atom. The van der Waals surface area contributed by atoms with E-state index in [1.54, 1.807) is 24.3 Å². The highest BCUT2D eigenvalue weighted by Crippen LogP contribution is 2.46. The van der Waals surface area contributed by atoms with Gasteiger partial charge in [0, 0.05) is 30.8 Å². The molecule has 3 rings (SSSR count). The van der Waals surface area contributed by atoms with Gasteiger partial charge in [0.1, 0.15) is 11.6 Å². The smallest absolute Gasteiger partial charge is 0.232 e. The number of hydrogen-bond donors (Lipinski definition) is 3. The second-order valence-corrected chi connectivity index (χ2v) is 5.89. The van der Waals surface area contributed by atoms with E-state index in [1.165, 1.54) is 12.1 Å². The van der Waals surface area contributed by atoms with Crippen molar-refractivity contribution in [1.82, 2.24) is 0 Å². The number of carbonyl (C=O) groups excluding carboxylic acids is 1. The highest BCUT2D eigenvalue weighted by atomic mass is 32.1. The zero-order chi connectivity index (χ0) is 16.3. The molecule has 120 valence electrons. The number of nitrogens with one attached hydrogen (secondary N) is 2. The van der Waals surface area contributed by atoms with Crippen LogP contribution in [0.4, 0.5) is 15.8 Å². The van der Waals surface area contributed by atoms with Crippen molar-refractivity contribution in [2.75, 3.05) is 17.2 Å². The Morgan fingerprint density at radius 1 is 1.09 bits per heavy atom. The van der Waals surface area contributed by atoms with Gasteiger partial charge in [0.25, 0.3) is 0 Å². The Kier molecular flexibility index (Phi) is 4.43. The third kappa shape index (κ3) is 3.76. The van der Waals surface area contributed by atoms with Crippen molar-refractivity contribution >= 4 is 30.2 Å². The molecule has 0 bridgehead atoms. The number of amides is 1. The number of carbonyl (C=O) groups is 1. The third-order valence-corrected chi connectivity index (χ3v) is 4.24. The Balaban J connectivity index is 1.58. The van der Waals surface area contributed by atoms with Crippen molar-refractivity contribution in [3.63, 3.8) is 0 Å². The average molecular weight is 332 g/mol. The van der Waals surface area contributed by atoms with E-state index in [0.29, 0.717) is 18.0 Å². The zero-order valence-electron chi connectivity index (χ0n) is 12.4. The summed E-state index contributed by atoms with van der Waals surface area (Å²) in [5.41, 5.74) is 1.13. The summed E-state index contributed by atoms with van der Waals surface area (Å²) in [6.45, 7) is 0.557. The van der Waals surface area contributed by atoms with Crippen molar-refractivity contribution in [1.29, 1.82) is 0 Å². The van der Waals surface area contributed by atoms with Crippen LogP contribution in [-0.2, 0) is 4.79 Å². The topological polar surface area (TPSA) is 50.4 Å². The maximum Gasteiger partial charge on any atom is 0.232 e. The number of anilines is 2. The van der Waals surface area contributed by atoms with Gasteiger partial charge in [-0.15, -0.1) is 0 Å². The van der Waals surface area contributed by atoms with Crippen LogP contribution in [0.1, 0.15) is 12.8 Å². The quantitative estimate of drug-likeness (QED) is 0.556. The van der Waals surface area contributed by atoms with Crippen LogP contribution in [0.2, 0.25) is 0 Å². The molecular weight excluding hydrogens is 315 g/mol. The van der Waals surface area contributed by atoms with Crippen molar-refractivity contribution < 1.29 is 13.4 Å². The van der Waals surface area contributed by atoms with E-state index in [9.17, 15) is 9.18 Å². The molecule has 1 saturated carbocycles. The summed E-state index contributed by atoms with van der Waals surface area (Å²) >= 11 is 3.74. The van der Waals surface area contributed by atoms with E-state index in [4.69, 9.17) is 4.18 Å². The zero-order valence-corrected chi connectivity index (χ0v) is 13.3. The van der Waals surface area contributed by atoms with Crippen molar-refractivity contribution in [2.45, 2.75) is 12.8 Å². The molecule has 1 aliphatic rings. The molecule has 0 aliphatic heterocycles. The van der Waals surface area contributed by atoms with Gasteiger partial charge in [-0.25, -0.2) is 4.39 Å². The van der Waals surface area contributed by atoms with Crippen LogP contribution >= 0.6 is 12.9 Å². The highest BCUT2D eigenvalue weighted by Gasteiger charge is 2.49. The number of benzene rings is 2. The van der Waals surface area contributed by atoms with E-state index < -0.39 is 5.41 Å². The summed E-state index contributed by atoms with van der Waals surface area (Å²) in [5, 5.41) is 6.12. The first kappa shape index (κ1) is 15.7. The van der Waals surface area contributed by atoms with E-state index in [2.05, 4.69) is 23.5 Å². The van der Waals surface area contributed by atoms with Gasteiger partial charge in [0.05, 0.1) is 5.41 Å². The molecule has 6 heteroatoms. The minimum Gasteiger partial charge on any atom is -0.429 e. The summed E-state index contributed by atoms with van der Waals surface area (Å²) in [6.07, 6.45) is 1.68. The number of rotatable bonds is 6. The first-order valence-corrected chi connectivity index (χ1v) is 7.70. The average Bonchev–Trinajstić information content (AvgIpc) is 3.37. The Labute approximate surface area is 139 Å². The van der Waals surface area contributed by atoms with Crippen LogP contribution in [0.5, 0.6) is 5.75 Å². The molecule has 0 unspecified atom stereocenters. The van der Waals surface area contributed by atoms with Crippen LogP contribution in [0.25, 0.3) is 0 Å². The molecule has 1 amide bonds. The lowest BCUT2D eigenvalue weighted by Crippen LogP contribution is -2.30. The van der Waals surface area contributed by atoms with Gasteiger partial charge < -0.3 is 14.8 Å². The maximum absolute atomic E-state index is 12.9. The van der Waals surface area contributed by atoms with Crippen molar-refractivity contribution in [3.8, 4) is 5.75 Å². The molecule has 4 nitrogen and oxygen atoms in total. The maximum atomic E-state index is 12.9. The summed E-state index contributed by atoms with van der Waals surface area (Å²) in [7, 11) is 0. The molecule has 0 spiro atoms. The van der Waals surface area contributed by atoms with Gasteiger partial charge in [0.2, 0.25) is 5.91 Å². The molecule has 2 aromatic carbocycles. The summed E-state index contributed by atoms with van der Waals surface area (Å²) in [5.74, 6) is 0.306. The van der Waals surface area contributed by atoms with Crippen molar-refractivity contribution in [2.24, 2.45) is 5.41 Å². The summed E-state index contributed by atoms with van der Waals surface area (Å²) in [4.78, 5) is 12.4. The van der Waals surface area contributed by atoms with Crippen LogP contribution in [-0.4, -0.2) is 12.5 Å². The molecule has 0 radical (unpaired) electrons. The van der Waals surface area contributed by atoms with Gasteiger partial charge in [-0.3, -0.25) is 4.79 Å². The largest absolute Gasteiger partial charge is 0.429 e. The van der Waals surface area contributed by atoms with Gasteiger partial charge in [-0.05, 0) is 61.4 Å². The van der Waals surface area contributed by atoms with Crippen LogP contribution in [0.3, 0.4) is 0 Å². The molecule has 1 fully saturated rings. The number of halogens is 1. The third-order valence-electron chi connectivity index (χ3n) is 4.03. The minimum absolute atomic E-state index is 0.0353. The van der Waals surface area contributed by atoms with Crippen molar-refractivity contribution in [3.05, 3.63) is 54.3 Å². The molecule has 23 heavy (non-hydrogen) atoms. The molecular formula is C17H17FN2O2S. The summed E-state index contributed by atoms with van der Waals surface area (Å²) in [6, 6.07) is 13.1. The number of thiol groups is 1. The second kappa shape index (κ2) is 6.50. The highest BCUT2D eigenvalue weighted by molar-refractivity contribution is 7.75. The molecule has 1 aliphatic carbocycles. The fourth-order valence-electron chi connectivity index (χ4n) is 2.34. The van der Waals surface area contributed by atoms with E-state index in [0.717, 1.165) is 18.5 Å². The SMILES string of the molecule is O=C(Nc1ccc(F)cc1)C1(CNc2ccc(OS)cc2)CC1. The monoisotopic (exact) mass is 332 g/mol. The second-order valence-electron chi connectivity index (χ2n) is 5.71. The van der Waals surface area contributed by atoms with E-state index in [1.807, 2.05) is 12.1 Å². The lowest BCUT2D eigenvalue weighted by atomic mass is 10.1. The number of hydrogen-bond acceptors (Lipinski definition) is 4. The Morgan fingerprint density at radius 2 is 1.70 bits per heavy atom. The molecule has 2 aromatic rings. The standard InChI is InChI=1S/C17H17FN2O2S/c18-12-1-3-14(4-2-12)20-16(21)17(9-10-17)11-19-13-5-7-15(22-23)8-6-13/h1-8,19,23H,9-11H2,(H,20,21).